The van der Waals surface area contributed by atoms with Crippen molar-refractivity contribution in [3.8, 4) is 0 Å². The van der Waals surface area contributed by atoms with Crippen molar-refractivity contribution in [3.63, 3.8) is 0 Å². The van der Waals surface area contributed by atoms with Gasteiger partial charge in [-0.3, -0.25) is 0 Å². The number of nitrogens with two attached hydrogens (primary N) is 1. The molecular weight excluding hydrogens is 270 g/mol. The van der Waals surface area contributed by atoms with E-state index in [0.717, 1.165) is 12.1 Å². The van der Waals surface area contributed by atoms with E-state index in [0.29, 0.717) is 0 Å². The van der Waals surface area contributed by atoms with Crippen LogP contribution in [0.4, 0.5) is 11.4 Å². The molecule has 0 radical (unpaired) electrons. The molecule has 0 spiro atoms. The highest BCUT2D eigenvalue weighted by atomic mass is 15.1. The van der Waals surface area contributed by atoms with E-state index < -0.39 is 0 Å². The smallest absolute Gasteiger partial charge is 0.0600 e. The molecule has 2 aliphatic rings. The lowest BCUT2D eigenvalue weighted by Crippen LogP contribution is -2.26. The minimum Gasteiger partial charge on any atom is -0.397 e. The van der Waals surface area contributed by atoms with E-state index in [2.05, 4.69) is 28.0 Å². The molecule has 2 fully saturated rings. The van der Waals surface area contributed by atoms with E-state index in [4.69, 9.17) is 5.73 Å². The maximum Gasteiger partial charge on any atom is 0.0600 e. The zero-order chi connectivity index (χ0) is 15.2. The Bertz CT molecular complexity index is 458. The predicted octanol–water partition coefficient (Wildman–Crippen LogP) is 3.68. The van der Waals surface area contributed by atoms with Crippen LogP contribution in [0.25, 0.3) is 0 Å². The average Bonchev–Trinajstić information content (AvgIpc) is 2.92. The quantitative estimate of drug-likeness (QED) is 0.842. The number of benzene rings is 1. The molecule has 1 aromatic rings. The van der Waals surface area contributed by atoms with Crippen LogP contribution in [-0.2, 0) is 6.42 Å². The van der Waals surface area contributed by atoms with Gasteiger partial charge in [0.1, 0.15) is 0 Å². The van der Waals surface area contributed by atoms with Crippen LogP contribution in [0.1, 0.15) is 50.5 Å². The van der Waals surface area contributed by atoms with Gasteiger partial charge in [-0.05, 0) is 75.9 Å². The Hall–Kier alpha value is -1.22. The van der Waals surface area contributed by atoms with Crippen molar-refractivity contribution in [3.05, 3.63) is 23.8 Å². The normalized spacial score (nSPS) is 20.3. The summed E-state index contributed by atoms with van der Waals surface area (Å²) in [6.45, 7) is 6.18. The zero-order valence-corrected chi connectivity index (χ0v) is 13.9. The number of nitrogens with zero attached hydrogens (tertiary/aromatic N) is 2. The fraction of sp³-hybridized carbons (Fsp3) is 0.684. The Labute approximate surface area is 135 Å². The molecule has 0 atom stereocenters. The Morgan fingerprint density at radius 3 is 2.23 bits per heavy atom. The van der Waals surface area contributed by atoms with E-state index in [1.165, 1.54) is 88.9 Å². The third-order valence-corrected chi connectivity index (χ3v) is 5.18. The van der Waals surface area contributed by atoms with Gasteiger partial charge in [-0.25, -0.2) is 0 Å². The van der Waals surface area contributed by atoms with Crippen molar-refractivity contribution in [2.75, 3.05) is 43.4 Å². The van der Waals surface area contributed by atoms with Crippen molar-refractivity contribution in [1.29, 1.82) is 0 Å². The number of likely N-dealkylation sites (tertiary alicyclic amines) is 1. The monoisotopic (exact) mass is 301 g/mol. The van der Waals surface area contributed by atoms with E-state index in [-0.39, 0.29) is 0 Å². The van der Waals surface area contributed by atoms with Gasteiger partial charge >= 0.3 is 0 Å². The number of rotatable bonds is 5. The van der Waals surface area contributed by atoms with Crippen LogP contribution in [0.15, 0.2) is 18.2 Å². The van der Waals surface area contributed by atoms with Crippen molar-refractivity contribution in [1.82, 2.24) is 4.90 Å². The molecule has 0 unspecified atom stereocenters. The molecule has 122 valence electrons. The van der Waals surface area contributed by atoms with Gasteiger partial charge in [0, 0.05) is 13.1 Å². The van der Waals surface area contributed by atoms with Gasteiger partial charge in [0.05, 0.1) is 11.4 Å². The maximum absolute atomic E-state index is 6.28. The molecule has 0 bridgehead atoms. The lowest BCUT2D eigenvalue weighted by atomic mass is 10.1. The van der Waals surface area contributed by atoms with E-state index in [1.807, 2.05) is 0 Å². The minimum absolute atomic E-state index is 0.967. The first-order valence-corrected chi connectivity index (χ1v) is 9.19. The molecule has 2 N–H and O–H groups in total. The highest BCUT2D eigenvalue weighted by molar-refractivity contribution is 5.68. The molecule has 3 nitrogen and oxygen atoms in total. The van der Waals surface area contributed by atoms with Gasteiger partial charge in [0.25, 0.3) is 0 Å². The highest BCUT2D eigenvalue weighted by Crippen LogP contribution is 2.28. The van der Waals surface area contributed by atoms with Crippen LogP contribution in [0.3, 0.4) is 0 Å². The van der Waals surface area contributed by atoms with Crippen molar-refractivity contribution < 1.29 is 0 Å². The molecule has 0 aromatic heterocycles. The molecule has 1 aromatic carbocycles. The molecule has 0 amide bonds. The third-order valence-electron chi connectivity index (χ3n) is 5.18. The molecule has 22 heavy (non-hydrogen) atoms. The topological polar surface area (TPSA) is 32.5 Å². The first kappa shape index (κ1) is 15.7. The Balaban J connectivity index is 1.49. The fourth-order valence-electron chi connectivity index (χ4n) is 3.87. The Morgan fingerprint density at radius 2 is 1.55 bits per heavy atom. The molecule has 2 saturated heterocycles. The zero-order valence-electron chi connectivity index (χ0n) is 13.9. The van der Waals surface area contributed by atoms with Gasteiger partial charge in [-0.1, -0.05) is 18.9 Å². The van der Waals surface area contributed by atoms with Crippen molar-refractivity contribution in [2.45, 2.75) is 51.4 Å². The number of hydrogen-bond acceptors (Lipinski definition) is 3. The second kappa shape index (κ2) is 7.87. The number of anilines is 2. The SMILES string of the molecule is Nc1cc(CCCN2CCCCCC2)ccc1N1CCCC1. The summed E-state index contributed by atoms with van der Waals surface area (Å²) in [5, 5.41) is 0. The Morgan fingerprint density at radius 1 is 0.864 bits per heavy atom. The van der Waals surface area contributed by atoms with E-state index in [1.54, 1.807) is 0 Å². The van der Waals surface area contributed by atoms with Crippen molar-refractivity contribution in [2.24, 2.45) is 0 Å². The Kier molecular flexibility index (Phi) is 5.60. The van der Waals surface area contributed by atoms with Gasteiger partial charge in [-0.15, -0.1) is 0 Å². The lowest BCUT2D eigenvalue weighted by molar-refractivity contribution is 0.281. The summed E-state index contributed by atoms with van der Waals surface area (Å²) in [7, 11) is 0. The highest BCUT2D eigenvalue weighted by Gasteiger charge is 2.15. The molecular formula is C19H31N3. The molecule has 3 heteroatoms. The van der Waals surface area contributed by atoms with Gasteiger partial charge < -0.3 is 15.5 Å². The van der Waals surface area contributed by atoms with Gasteiger partial charge in [-0.2, -0.15) is 0 Å². The second-order valence-corrected chi connectivity index (χ2v) is 6.95. The predicted molar refractivity (Wildman–Crippen MR) is 95.5 cm³/mol. The summed E-state index contributed by atoms with van der Waals surface area (Å²) in [5.74, 6) is 0. The van der Waals surface area contributed by atoms with Crippen LogP contribution in [0, 0.1) is 0 Å². The number of hydrogen-bond donors (Lipinski definition) is 1. The summed E-state index contributed by atoms with van der Waals surface area (Å²) in [6.07, 6.45) is 10.6. The number of nitrogen functional groups attached to an aromatic ring is 1. The van der Waals surface area contributed by atoms with E-state index in [9.17, 15) is 0 Å². The van der Waals surface area contributed by atoms with Crippen LogP contribution in [0.5, 0.6) is 0 Å². The van der Waals surface area contributed by atoms with Gasteiger partial charge in [0.15, 0.2) is 0 Å². The molecule has 2 aliphatic heterocycles. The van der Waals surface area contributed by atoms with Crippen LogP contribution < -0.4 is 10.6 Å². The maximum atomic E-state index is 6.28. The standard InChI is InChI=1S/C19H31N3/c20-18-16-17(9-10-19(18)22-14-5-6-15-22)8-7-13-21-11-3-1-2-4-12-21/h9-10,16H,1-8,11-15,20H2. The summed E-state index contributed by atoms with van der Waals surface area (Å²) in [5.41, 5.74) is 9.89. The second-order valence-electron chi connectivity index (χ2n) is 6.95. The fourth-order valence-corrected chi connectivity index (χ4v) is 3.87. The molecule has 2 heterocycles. The van der Waals surface area contributed by atoms with Crippen LogP contribution in [-0.4, -0.2) is 37.6 Å². The summed E-state index contributed by atoms with van der Waals surface area (Å²) >= 11 is 0. The van der Waals surface area contributed by atoms with E-state index >= 15 is 0 Å². The number of aryl methyl sites for hydroxylation is 1. The molecule has 3 rings (SSSR count). The van der Waals surface area contributed by atoms with Crippen molar-refractivity contribution >= 4 is 11.4 Å². The summed E-state index contributed by atoms with van der Waals surface area (Å²) < 4.78 is 0. The minimum atomic E-state index is 0.967. The summed E-state index contributed by atoms with van der Waals surface area (Å²) in [6, 6.07) is 6.73. The molecule has 0 aliphatic carbocycles. The largest absolute Gasteiger partial charge is 0.397 e. The molecule has 0 saturated carbocycles. The summed E-state index contributed by atoms with van der Waals surface area (Å²) in [4.78, 5) is 5.07. The first-order chi connectivity index (χ1) is 10.8. The third kappa shape index (κ3) is 4.16. The first-order valence-electron chi connectivity index (χ1n) is 9.19. The van der Waals surface area contributed by atoms with Crippen LogP contribution >= 0.6 is 0 Å². The average molecular weight is 301 g/mol. The van der Waals surface area contributed by atoms with Crippen LogP contribution in [0.2, 0.25) is 0 Å². The lowest BCUT2D eigenvalue weighted by Gasteiger charge is -2.21. The van der Waals surface area contributed by atoms with Gasteiger partial charge in [0.2, 0.25) is 0 Å².